The van der Waals surface area contributed by atoms with Crippen molar-refractivity contribution in [3.05, 3.63) is 264 Å². The van der Waals surface area contributed by atoms with Gasteiger partial charge in [0.1, 0.15) is 72.7 Å². The predicted octanol–water partition coefficient (Wildman–Crippen LogP) is 15.3. The summed E-state index contributed by atoms with van der Waals surface area (Å²) < 4.78 is 30.8. The van der Waals surface area contributed by atoms with E-state index in [2.05, 4.69) is 116 Å². The van der Waals surface area contributed by atoms with Crippen LogP contribution in [-0.4, -0.2) is 169 Å². The Morgan fingerprint density at radius 2 is 0.744 bits per heavy atom. The number of aliphatic hydroxyl groups excluding tert-OH is 8. The van der Waals surface area contributed by atoms with Gasteiger partial charge in [0, 0.05) is 100 Å². The summed E-state index contributed by atoms with van der Waals surface area (Å²) in [6.07, 6.45) is 25.2. The molecule has 0 saturated carbocycles. The molecule has 37 nitrogen and oxygen atoms in total. The fraction of sp³-hybridized carbons (Fsp3) is 0.319. The summed E-state index contributed by atoms with van der Waals surface area (Å²) in [5.74, 6) is 6.70. The highest BCUT2D eigenvalue weighted by Crippen LogP contribution is 2.43. The minimum absolute atomic E-state index is 0.117. The number of fused-ring (bicyclic) bond motifs is 3. The number of thiazole rings is 5. The minimum Gasteiger partial charge on any atom is -0.482 e. The van der Waals surface area contributed by atoms with Crippen LogP contribution < -0.4 is 50.3 Å². The molecule has 0 bridgehead atoms. The molecule has 0 radical (unpaired) electrons. The van der Waals surface area contributed by atoms with Crippen LogP contribution in [-0.2, 0) is 24.9 Å². The molecular formula is C91H99N23O14S5. The van der Waals surface area contributed by atoms with Crippen LogP contribution in [0.5, 0.6) is 40.2 Å². The zero-order chi connectivity index (χ0) is 93.7. The first kappa shape index (κ1) is 96.1. The Morgan fingerprint density at radius 1 is 0.383 bits per heavy atom. The smallest absolute Gasteiger partial charge is 0.188 e. The standard InChI is InChI=1S/C19H21N5O3S.2C18H19N5O3S.C18H20N4O3S.C18H20N4O2S/c1-11-5-16(27-15-4-2-3-12-7-20-10-22-17(12)15)18(21-6-11)24-19-23-13(9-28-19)14(26)8-25;1-10-4-16(26-15-3-2-12-11(15)6-19-9-21-12)17(20-5-10)23-18-22-13(8-27-18)14(25)7-24;1-10-4-15(26-14-3-2-11-6-19-9-21-16(11)14)17(20-5-10)23-18-22-12(8-27-18)13(25)7-24;1-11-6-16(25-15-4-3-5-19-12(15)2)17(20-7-11)22-18-21-14(10-26-18)13(8-23)9-24;1-11-8-14(24-13-6-5-7-19-12(13)2)16(20-9-11)22-17-21-15(10-25-17)18(3,4)23/h5-7,9-10,14-15,25-26H,2-4,8H2,1H3,(H,21,23,24);4-6,8-9,14-15,24-25H,2-3,7H2,1H3,(H,20,22,23);4-6,8-9,13-14,24-25H,2-3,7H2,1H3,(H,20,22,23);3-7,10,13,23-24H,8-9H2,1-2H3,(H,20,21,22);5-10,23H,1-4H3,(H,20,21,22). The SMILES string of the molecule is Cc1cnc(Nc2nc(C(C)(C)O)cs2)c(Oc2cccnc2C)c1.Cc1cnc(Nc2nc(C(CO)CO)cs2)c(Oc2cccnc2C)c1.Cc1cnc(Nc2nc(C(O)CO)cs2)c(OC2CCCc3cncnc32)c1.Cc1cnc(Nc2nc(C(O)CO)cs2)c(OC2CCc3cncnc32)c1.Cc1cnc(Nc2nc(C(O)CO)cs2)c(OC2CCc3ncncc32)c1. The van der Waals surface area contributed by atoms with Crippen molar-refractivity contribution in [2.75, 3.05) is 59.6 Å². The van der Waals surface area contributed by atoms with Crippen molar-refractivity contribution in [1.29, 1.82) is 0 Å². The maximum atomic E-state index is 10.1. The van der Waals surface area contributed by atoms with Crippen LogP contribution in [0.3, 0.4) is 0 Å². The summed E-state index contributed by atoms with van der Waals surface area (Å²) >= 11 is 6.75. The zero-order valence-corrected chi connectivity index (χ0v) is 77.9. The first-order valence-corrected chi connectivity index (χ1v) is 46.6. The van der Waals surface area contributed by atoms with Gasteiger partial charge in [0.05, 0.1) is 90.0 Å². The molecule has 15 aromatic rings. The second-order valence-electron chi connectivity index (χ2n) is 31.4. The van der Waals surface area contributed by atoms with Crippen LogP contribution in [0.4, 0.5) is 54.7 Å². The number of hydrogen-bond acceptors (Lipinski definition) is 42. The average molecular weight is 1900 g/mol. The molecule has 3 aliphatic carbocycles. The number of anilines is 10. The van der Waals surface area contributed by atoms with E-state index in [9.17, 15) is 30.6 Å². The van der Waals surface area contributed by atoms with Gasteiger partial charge in [-0.25, -0.2) is 79.7 Å². The Balaban J connectivity index is 0.000000134. The van der Waals surface area contributed by atoms with Crippen LogP contribution in [0.1, 0.15) is 184 Å². The number of rotatable bonds is 30. The van der Waals surface area contributed by atoms with E-state index in [1.54, 1.807) is 97.6 Å². The number of nitrogens with one attached hydrogen (secondary N) is 5. The van der Waals surface area contributed by atoms with E-state index in [0.717, 1.165) is 118 Å². The summed E-state index contributed by atoms with van der Waals surface area (Å²) in [5.41, 5.74) is 14.1. The number of aliphatic hydroxyl groups is 9. The average Bonchev–Trinajstić information content (AvgIpc) is 1.80. The van der Waals surface area contributed by atoms with E-state index in [4.69, 9.17) is 39.0 Å². The van der Waals surface area contributed by atoms with Gasteiger partial charge in [0.2, 0.25) is 0 Å². The van der Waals surface area contributed by atoms with Gasteiger partial charge in [-0.15, -0.1) is 56.7 Å². The van der Waals surface area contributed by atoms with Gasteiger partial charge in [-0.3, -0.25) is 9.97 Å². The monoisotopic (exact) mass is 1900 g/mol. The van der Waals surface area contributed by atoms with Gasteiger partial charge in [-0.2, -0.15) is 0 Å². The minimum atomic E-state index is -0.994. The molecule has 133 heavy (non-hydrogen) atoms. The molecule has 0 amide bonds. The van der Waals surface area contributed by atoms with Gasteiger partial charge in [-0.1, -0.05) is 0 Å². The fourth-order valence-electron chi connectivity index (χ4n) is 13.5. The molecule has 0 aromatic carbocycles. The third kappa shape index (κ3) is 25.7. The Kier molecular flexibility index (Phi) is 32.9. The van der Waals surface area contributed by atoms with E-state index in [-0.39, 0.29) is 57.3 Å². The number of aryl methyl sites for hydroxylation is 10. The zero-order valence-electron chi connectivity index (χ0n) is 73.8. The van der Waals surface area contributed by atoms with E-state index >= 15 is 0 Å². The van der Waals surface area contributed by atoms with Gasteiger partial charge < -0.3 is 96.2 Å². The van der Waals surface area contributed by atoms with Crippen molar-refractivity contribution < 1.29 is 69.6 Å². The van der Waals surface area contributed by atoms with Crippen molar-refractivity contribution >= 4 is 111 Å². The molecule has 0 aliphatic heterocycles. The molecule has 15 heterocycles. The van der Waals surface area contributed by atoms with Crippen LogP contribution in [0.15, 0.2) is 162 Å². The molecule has 692 valence electrons. The molecule has 3 aliphatic rings. The maximum Gasteiger partial charge on any atom is 0.188 e. The molecular weight excluding hydrogens is 1800 g/mol. The third-order valence-corrected chi connectivity index (χ3v) is 24.4. The molecule has 6 atom stereocenters. The molecule has 14 N–H and O–H groups in total. The normalized spacial score (nSPS) is 14.7. The van der Waals surface area contributed by atoms with E-state index < -0.39 is 23.9 Å². The lowest BCUT2D eigenvalue weighted by Crippen LogP contribution is -2.18. The van der Waals surface area contributed by atoms with E-state index in [0.29, 0.717) is 123 Å². The highest BCUT2D eigenvalue weighted by molar-refractivity contribution is 7.15. The van der Waals surface area contributed by atoms with Crippen molar-refractivity contribution in [3.8, 4) is 40.2 Å². The van der Waals surface area contributed by atoms with Crippen LogP contribution in [0.25, 0.3) is 0 Å². The molecule has 6 unspecified atom stereocenters. The van der Waals surface area contributed by atoms with Crippen molar-refractivity contribution in [1.82, 2.24) is 89.7 Å². The lowest BCUT2D eigenvalue weighted by molar-refractivity contribution is 0.0746. The topological polar surface area (TPSA) is 520 Å². The highest BCUT2D eigenvalue weighted by Gasteiger charge is 2.31. The van der Waals surface area contributed by atoms with Crippen LogP contribution >= 0.6 is 56.7 Å². The lowest BCUT2D eigenvalue weighted by Gasteiger charge is -2.25. The second kappa shape index (κ2) is 45.5. The summed E-state index contributed by atoms with van der Waals surface area (Å²) in [7, 11) is 0. The highest BCUT2D eigenvalue weighted by atomic mass is 32.1. The van der Waals surface area contributed by atoms with Gasteiger partial charge in [0.15, 0.2) is 83.5 Å². The Bertz CT molecular complexity index is 6230. The molecule has 0 saturated heterocycles. The summed E-state index contributed by atoms with van der Waals surface area (Å²) in [6, 6.07) is 16.9. The first-order chi connectivity index (χ1) is 64.3. The fourth-order valence-corrected chi connectivity index (χ4v) is 17.4. The molecule has 18 rings (SSSR count). The number of ether oxygens (including phenoxy) is 5. The number of hydrogen-bond donors (Lipinski definition) is 14. The second-order valence-corrected chi connectivity index (χ2v) is 35.7. The van der Waals surface area contributed by atoms with E-state index in [1.165, 1.54) is 63.0 Å². The maximum absolute atomic E-state index is 10.1. The molecule has 0 fully saturated rings. The van der Waals surface area contributed by atoms with Gasteiger partial charge in [0.25, 0.3) is 0 Å². The summed E-state index contributed by atoms with van der Waals surface area (Å²) in [6.45, 7) is 15.5. The molecule has 42 heteroatoms. The lowest BCUT2D eigenvalue weighted by atomic mass is 9.95. The van der Waals surface area contributed by atoms with Gasteiger partial charge >= 0.3 is 0 Å². The number of nitrogens with zero attached hydrogens (tertiary/aromatic N) is 18. The number of pyridine rings is 7. The summed E-state index contributed by atoms with van der Waals surface area (Å²) in [5, 5.41) is 112. The van der Waals surface area contributed by atoms with Crippen LogP contribution in [0.2, 0.25) is 0 Å². The molecule has 15 aromatic heterocycles. The van der Waals surface area contributed by atoms with E-state index in [1.807, 2.05) is 121 Å². The van der Waals surface area contributed by atoms with Crippen molar-refractivity contribution in [2.45, 2.75) is 155 Å². The van der Waals surface area contributed by atoms with Crippen molar-refractivity contribution in [2.24, 2.45) is 0 Å². The Labute approximate surface area is 784 Å². The first-order valence-electron chi connectivity index (χ1n) is 42.2. The quantitative estimate of drug-likeness (QED) is 0.0199. The molecule has 0 spiro atoms. The Morgan fingerprint density at radius 3 is 1.16 bits per heavy atom. The Hall–Kier alpha value is -12.9. The largest absolute Gasteiger partial charge is 0.482 e. The van der Waals surface area contributed by atoms with Gasteiger partial charge in [-0.05, 0) is 201 Å². The van der Waals surface area contributed by atoms with Crippen LogP contribution in [0, 0.1) is 48.5 Å². The van der Waals surface area contributed by atoms with Crippen molar-refractivity contribution in [3.63, 3.8) is 0 Å². The predicted molar refractivity (Wildman–Crippen MR) is 504 cm³/mol. The number of aromatic nitrogens is 18. The third-order valence-electron chi connectivity index (χ3n) is 20.5. The summed E-state index contributed by atoms with van der Waals surface area (Å²) in [4.78, 5) is 77.7.